The molecule has 25 heavy (non-hydrogen) atoms. The standard InChI is InChI=1S/C19H16ClN3O2/c20-18-16(22-11-17(23-18)19(21)24)10-14-7-4-8-15(9-14)25-12-13-5-2-1-3-6-13/h1-9,11H,10,12H2,(H2,21,24). The van der Waals surface area contributed by atoms with E-state index in [0.717, 1.165) is 16.9 Å². The Balaban J connectivity index is 1.70. The fourth-order valence-corrected chi connectivity index (χ4v) is 2.51. The molecule has 3 aromatic rings. The third-order valence-corrected chi connectivity index (χ3v) is 3.87. The maximum absolute atomic E-state index is 11.1. The Labute approximate surface area is 150 Å². The molecule has 0 aliphatic heterocycles. The molecule has 0 aliphatic rings. The zero-order valence-corrected chi connectivity index (χ0v) is 14.1. The summed E-state index contributed by atoms with van der Waals surface area (Å²) in [6, 6.07) is 17.7. The van der Waals surface area contributed by atoms with Gasteiger partial charge < -0.3 is 10.5 Å². The average molecular weight is 354 g/mol. The molecule has 1 amide bonds. The third kappa shape index (κ3) is 4.55. The van der Waals surface area contributed by atoms with E-state index in [2.05, 4.69) is 9.97 Å². The summed E-state index contributed by atoms with van der Waals surface area (Å²) in [4.78, 5) is 19.2. The van der Waals surface area contributed by atoms with Crippen molar-refractivity contribution in [2.45, 2.75) is 13.0 Å². The molecule has 1 aromatic heterocycles. The summed E-state index contributed by atoms with van der Waals surface area (Å²) in [5.41, 5.74) is 7.88. The minimum atomic E-state index is -0.655. The number of hydrogen-bond acceptors (Lipinski definition) is 4. The largest absolute Gasteiger partial charge is 0.489 e. The van der Waals surface area contributed by atoms with Crippen molar-refractivity contribution in [2.75, 3.05) is 0 Å². The molecule has 0 unspecified atom stereocenters. The lowest BCUT2D eigenvalue weighted by molar-refractivity contribution is 0.0995. The smallest absolute Gasteiger partial charge is 0.268 e. The summed E-state index contributed by atoms with van der Waals surface area (Å²) < 4.78 is 5.82. The molecule has 5 nitrogen and oxygen atoms in total. The number of amides is 1. The van der Waals surface area contributed by atoms with Crippen molar-refractivity contribution in [3.8, 4) is 5.75 Å². The molecule has 0 radical (unpaired) electrons. The molecule has 0 bridgehead atoms. The van der Waals surface area contributed by atoms with Gasteiger partial charge in [-0.2, -0.15) is 0 Å². The van der Waals surface area contributed by atoms with E-state index in [-0.39, 0.29) is 10.8 Å². The number of aromatic nitrogens is 2. The molecule has 0 saturated heterocycles. The van der Waals surface area contributed by atoms with Gasteiger partial charge in [-0.1, -0.05) is 54.1 Å². The number of nitrogens with zero attached hydrogens (tertiary/aromatic N) is 2. The molecule has 0 aliphatic carbocycles. The van der Waals surface area contributed by atoms with Crippen LogP contribution in [0.5, 0.6) is 5.75 Å². The molecule has 2 aromatic carbocycles. The number of carbonyl (C=O) groups is 1. The Hall–Kier alpha value is -2.92. The predicted octanol–water partition coefficient (Wildman–Crippen LogP) is 3.40. The lowest BCUT2D eigenvalue weighted by atomic mass is 10.1. The van der Waals surface area contributed by atoms with Crippen LogP contribution in [-0.2, 0) is 13.0 Å². The van der Waals surface area contributed by atoms with Gasteiger partial charge in [0.25, 0.3) is 5.91 Å². The van der Waals surface area contributed by atoms with Crippen molar-refractivity contribution < 1.29 is 9.53 Å². The summed E-state index contributed by atoms with van der Waals surface area (Å²) in [7, 11) is 0. The highest BCUT2D eigenvalue weighted by Crippen LogP contribution is 2.20. The lowest BCUT2D eigenvalue weighted by Crippen LogP contribution is -2.14. The van der Waals surface area contributed by atoms with Crippen LogP contribution in [0.3, 0.4) is 0 Å². The van der Waals surface area contributed by atoms with Gasteiger partial charge in [0.2, 0.25) is 0 Å². The van der Waals surface area contributed by atoms with Crippen LogP contribution in [0.2, 0.25) is 5.15 Å². The summed E-state index contributed by atoms with van der Waals surface area (Å²) in [6.45, 7) is 0.498. The van der Waals surface area contributed by atoms with Crippen LogP contribution < -0.4 is 10.5 Å². The molecule has 126 valence electrons. The van der Waals surface area contributed by atoms with Crippen LogP contribution in [0.15, 0.2) is 60.8 Å². The lowest BCUT2D eigenvalue weighted by Gasteiger charge is -2.09. The van der Waals surface area contributed by atoms with E-state index in [1.165, 1.54) is 6.20 Å². The molecule has 0 atom stereocenters. The molecule has 6 heteroatoms. The van der Waals surface area contributed by atoms with E-state index in [1.54, 1.807) is 0 Å². The zero-order valence-electron chi connectivity index (χ0n) is 13.4. The second-order valence-electron chi connectivity index (χ2n) is 5.46. The maximum atomic E-state index is 11.1. The number of rotatable bonds is 6. The monoisotopic (exact) mass is 353 g/mol. The highest BCUT2D eigenvalue weighted by molar-refractivity contribution is 6.30. The Bertz CT molecular complexity index is 885. The van der Waals surface area contributed by atoms with Gasteiger partial charge in [-0.05, 0) is 23.3 Å². The first-order chi connectivity index (χ1) is 12.1. The summed E-state index contributed by atoms with van der Waals surface area (Å²) in [6.07, 6.45) is 1.81. The van der Waals surface area contributed by atoms with Gasteiger partial charge in [-0.3, -0.25) is 9.78 Å². The number of benzene rings is 2. The van der Waals surface area contributed by atoms with Crippen molar-refractivity contribution in [2.24, 2.45) is 5.73 Å². The molecule has 0 spiro atoms. The van der Waals surface area contributed by atoms with Crippen molar-refractivity contribution in [1.29, 1.82) is 0 Å². The van der Waals surface area contributed by atoms with Crippen LogP contribution in [0, 0.1) is 0 Å². The number of primary amides is 1. The van der Waals surface area contributed by atoms with Crippen molar-refractivity contribution in [3.05, 3.63) is 88.5 Å². The first-order valence-corrected chi connectivity index (χ1v) is 8.06. The second kappa shape index (κ2) is 7.77. The van der Waals surface area contributed by atoms with E-state index < -0.39 is 5.91 Å². The number of ether oxygens (including phenoxy) is 1. The Kier molecular flexibility index (Phi) is 5.26. The third-order valence-electron chi connectivity index (χ3n) is 3.57. The van der Waals surface area contributed by atoms with Crippen LogP contribution in [0.4, 0.5) is 0 Å². The van der Waals surface area contributed by atoms with Gasteiger partial charge in [0.15, 0.2) is 5.15 Å². The SMILES string of the molecule is NC(=O)c1cnc(Cc2cccc(OCc3ccccc3)c2)c(Cl)n1. The molecular formula is C19H16ClN3O2. The maximum Gasteiger partial charge on any atom is 0.268 e. The average Bonchev–Trinajstić information content (AvgIpc) is 2.63. The van der Waals surface area contributed by atoms with Gasteiger partial charge >= 0.3 is 0 Å². The molecule has 1 heterocycles. The fourth-order valence-electron chi connectivity index (χ4n) is 2.31. The van der Waals surface area contributed by atoms with E-state index in [1.807, 2.05) is 54.6 Å². The summed E-state index contributed by atoms with van der Waals surface area (Å²) in [5.74, 6) is 0.108. The second-order valence-corrected chi connectivity index (χ2v) is 5.81. The fraction of sp³-hybridized carbons (Fsp3) is 0.105. The van der Waals surface area contributed by atoms with E-state index in [4.69, 9.17) is 22.1 Å². The normalized spacial score (nSPS) is 10.4. The first-order valence-electron chi connectivity index (χ1n) is 7.68. The van der Waals surface area contributed by atoms with E-state index >= 15 is 0 Å². The number of carbonyl (C=O) groups excluding carboxylic acids is 1. The zero-order chi connectivity index (χ0) is 17.6. The number of hydrogen-bond donors (Lipinski definition) is 1. The van der Waals surface area contributed by atoms with Crippen molar-refractivity contribution in [1.82, 2.24) is 9.97 Å². The molecule has 3 rings (SSSR count). The Morgan fingerprint density at radius 2 is 1.84 bits per heavy atom. The Morgan fingerprint density at radius 3 is 2.56 bits per heavy atom. The highest BCUT2D eigenvalue weighted by atomic mass is 35.5. The first kappa shape index (κ1) is 16.9. The van der Waals surface area contributed by atoms with Gasteiger partial charge in [0.05, 0.1) is 11.9 Å². The van der Waals surface area contributed by atoms with Crippen LogP contribution >= 0.6 is 11.6 Å². The van der Waals surface area contributed by atoms with Gasteiger partial charge in [-0.25, -0.2) is 4.98 Å². The highest BCUT2D eigenvalue weighted by Gasteiger charge is 2.10. The Morgan fingerprint density at radius 1 is 1.08 bits per heavy atom. The van der Waals surface area contributed by atoms with Crippen molar-refractivity contribution in [3.63, 3.8) is 0 Å². The van der Waals surface area contributed by atoms with Gasteiger partial charge in [0, 0.05) is 6.42 Å². The quantitative estimate of drug-likeness (QED) is 0.736. The topological polar surface area (TPSA) is 78.1 Å². The van der Waals surface area contributed by atoms with Gasteiger partial charge in [-0.15, -0.1) is 0 Å². The van der Waals surface area contributed by atoms with Crippen molar-refractivity contribution >= 4 is 17.5 Å². The van der Waals surface area contributed by atoms with Gasteiger partial charge in [0.1, 0.15) is 18.1 Å². The minimum Gasteiger partial charge on any atom is -0.489 e. The van der Waals surface area contributed by atoms with E-state index in [0.29, 0.717) is 18.7 Å². The molecule has 0 saturated carbocycles. The minimum absolute atomic E-state index is 0.0497. The molecule has 0 fully saturated rings. The molecule has 2 N–H and O–H groups in total. The molecular weight excluding hydrogens is 338 g/mol. The van der Waals surface area contributed by atoms with Crippen LogP contribution in [0.1, 0.15) is 27.3 Å². The van der Waals surface area contributed by atoms with Crippen LogP contribution in [-0.4, -0.2) is 15.9 Å². The summed E-state index contributed by atoms with van der Waals surface area (Å²) in [5, 5.41) is 0.173. The predicted molar refractivity (Wildman–Crippen MR) is 95.6 cm³/mol. The number of nitrogens with two attached hydrogens (primary N) is 1. The summed E-state index contributed by atoms with van der Waals surface area (Å²) >= 11 is 6.09. The van der Waals surface area contributed by atoms with E-state index in [9.17, 15) is 4.79 Å². The van der Waals surface area contributed by atoms with Crippen LogP contribution in [0.25, 0.3) is 0 Å². The number of halogens is 1.